The van der Waals surface area contributed by atoms with E-state index in [-0.39, 0.29) is 11.5 Å². The van der Waals surface area contributed by atoms with E-state index in [1.54, 1.807) is 12.1 Å². The van der Waals surface area contributed by atoms with Crippen LogP contribution in [0.4, 0.5) is 0 Å². The SMILES string of the molecule is COc1ccc(-n2nnnc2C(C)C)c(C(=O)O)c1. The average molecular weight is 262 g/mol. The van der Waals surface area contributed by atoms with E-state index in [9.17, 15) is 9.90 Å². The summed E-state index contributed by atoms with van der Waals surface area (Å²) in [6, 6.07) is 4.75. The van der Waals surface area contributed by atoms with Gasteiger partial charge in [-0.3, -0.25) is 0 Å². The van der Waals surface area contributed by atoms with Crippen LogP contribution in [0.3, 0.4) is 0 Å². The summed E-state index contributed by atoms with van der Waals surface area (Å²) in [5, 5.41) is 20.6. The summed E-state index contributed by atoms with van der Waals surface area (Å²) in [6.45, 7) is 3.87. The van der Waals surface area contributed by atoms with Gasteiger partial charge in [0.05, 0.1) is 18.4 Å². The predicted molar refractivity (Wildman–Crippen MR) is 66.8 cm³/mol. The van der Waals surface area contributed by atoms with Crippen molar-refractivity contribution in [2.24, 2.45) is 0 Å². The lowest BCUT2D eigenvalue weighted by atomic mass is 10.1. The number of aromatic nitrogens is 4. The number of hydrogen-bond acceptors (Lipinski definition) is 5. The van der Waals surface area contributed by atoms with Crippen LogP contribution in [0.1, 0.15) is 35.9 Å². The first-order valence-electron chi connectivity index (χ1n) is 5.74. The molecule has 0 aliphatic rings. The van der Waals surface area contributed by atoms with Gasteiger partial charge in [-0.25, -0.2) is 4.79 Å². The van der Waals surface area contributed by atoms with Crippen molar-refractivity contribution in [2.45, 2.75) is 19.8 Å². The highest BCUT2D eigenvalue weighted by Crippen LogP contribution is 2.23. The highest BCUT2D eigenvalue weighted by atomic mass is 16.5. The summed E-state index contributed by atoms with van der Waals surface area (Å²) in [5.74, 6) is 0.103. The van der Waals surface area contributed by atoms with Crippen molar-refractivity contribution in [2.75, 3.05) is 7.11 Å². The van der Waals surface area contributed by atoms with Gasteiger partial charge in [0, 0.05) is 5.92 Å². The maximum Gasteiger partial charge on any atom is 0.338 e. The second-order valence-electron chi connectivity index (χ2n) is 4.29. The van der Waals surface area contributed by atoms with E-state index in [0.29, 0.717) is 17.3 Å². The Hall–Kier alpha value is -2.44. The van der Waals surface area contributed by atoms with Crippen molar-refractivity contribution < 1.29 is 14.6 Å². The Kier molecular flexibility index (Phi) is 3.46. The lowest BCUT2D eigenvalue weighted by Gasteiger charge is -2.10. The van der Waals surface area contributed by atoms with Gasteiger partial charge in [0.15, 0.2) is 5.82 Å². The molecule has 0 spiro atoms. The molecule has 0 atom stereocenters. The van der Waals surface area contributed by atoms with E-state index in [2.05, 4.69) is 15.5 Å². The van der Waals surface area contributed by atoms with Crippen LogP contribution >= 0.6 is 0 Å². The monoisotopic (exact) mass is 262 g/mol. The van der Waals surface area contributed by atoms with E-state index < -0.39 is 5.97 Å². The quantitative estimate of drug-likeness (QED) is 0.897. The third-order valence-corrected chi connectivity index (χ3v) is 2.67. The number of aromatic carboxylic acids is 1. The van der Waals surface area contributed by atoms with Crippen molar-refractivity contribution >= 4 is 5.97 Å². The van der Waals surface area contributed by atoms with Crippen molar-refractivity contribution in [3.63, 3.8) is 0 Å². The molecule has 2 aromatic rings. The Labute approximate surface area is 109 Å². The summed E-state index contributed by atoms with van der Waals surface area (Å²) in [5.41, 5.74) is 0.510. The molecule has 0 saturated carbocycles. The normalized spacial score (nSPS) is 10.7. The number of nitrogens with zero attached hydrogens (tertiary/aromatic N) is 4. The molecule has 7 heteroatoms. The number of carboxylic acid groups (broad SMARTS) is 1. The number of methoxy groups -OCH3 is 1. The van der Waals surface area contributed by atoms with Crippen molar-refractivity contribution in [3.8, 4) is 11.4 Å². The number of carboxylic acids is 1. The number of benzene rings is 1. The zero-order chi connectivity index (χ0) is 14.0. The third kappa shape index (κ3) is 2.40. The topological polar surface area (TPSA) is 90.1 Å². The smallest absolute Gasteiger partial charge is 0.338 e. The zero-order valence-corrected chi connectivity index (χ0v) is 10.9. The molecular formula is C12H14N4O3. The van der Waals surface area contributed by atoms with Crippen molar-refractivity contribution in [1.29, 1.82) is 0 Å². The molecule has 0 aliphatic heterocycles. The summed E-state index contributed by atoms with van der Waals surface area (Å²) < 4.78 is 6.47. The van der Waals surface area contributed by atoms with Gasteiger partial charge in [0.25, 0.3) is 0 Å². The van der Waals surface area contributed by atoms with Crippen LogP contribution in [0.25, 0.3) is 5.69 Å². The molecule has 19 heavy (non-hydrogen) atoms. The minimum atomic E-state index is -1.06. The van der Waals surface area contributed by atoms with Gasteiger partial charge < -0.3 is 9.84 Å². The Morgan fingerprint density at radius 1 is 1.42 bits per heavy atom. The second kappa shape index (κ2) is 5.05. The van der Waals surface area contributed by atoms with Gasteiger partial charge in [-0.2, -0.15) is 4.68 Å². The maximum absolute atomic E-state index is 11.3. The van der Waals surface area contributed by atoms with E-state index in [0.717, 1.165) is 0 Å². The first-order valence-corrected chi connectivity index (χ1v) is 5.74. The lowest BCUT2D eigenvalue weighted by Crippen LogP contribution is -2.10. The van der Waals surface area contributed by atoms with Gasteiger partial charge in [-0.05, 0) is 28.6 Å². The molecule has 100 valence electrons. The number of tetrazole rings is 1. The van der Waals surface area contributed by atoms with Gasteiger partial charge in [-0.15, -0.1) is 5.10 Å². The van der Waals surface area contributed by atoms with Crippen LogP contribution < -0.4 is 4.74 Å². The van der Waals surface area contributed by atoms with Gasteiger partial charge in [-0.1, -0.05) is 13.8 Å². The molecule has 0 unspecified atom stereocenters. The van der Waals surface area contributed by atoms with Crippen LogP contribution in [0.5, 0.6) is 5.75 Å². The molecule has 0 aliphatic carbocycles. The molecular weight excluding hydrogens is 248 g/mol. The summed E-state index contributed by atoms with van der Waals surface area (Å²) in [7, 11) is 1.48. The van der Waals surface area contributed by atoms with Crippen LogP contribution in [-0.4, -0.2) is 38.4 Å². The van der Waals surface area contributed by atoms with Crippen molar-refractivity contribution in [1.82, 2.24) is 20.2 Å². The molecule has 1 aromatic carbocycles. The number of rotatable bonds is 4. The largest absolute Gasteiger partial charge is 0.497 e. The summed E-state index contributed by atoms with van der Waals surface area (Å²) >= 11 is 0. The van der Waals surface area contributed by atoms with Crippen molar-refractivity contribution in [3.05, 3.63) is 29.6 Å². The van der Waals surface area contributed by atoms with E-state index in [4.69, 9.17) is 4.74 Å². The van der Waals surface area contributed by atoms with Crippen LogP contribution in [0.2, 0.25) is 0 Å². The number of carbonyl (C=O) groups is 1. The Balaban J connectivity index is 2.61. The van der Waals surface area contributed by atoms with Crippen LogP contribution in [0, 0.1) is 0 Å². The second-order valence-corrected chi connectivity index (χ2v) is 4.29. The van der Waals surface area contributed by atoms with Crippen LogP contribution in [0.15, 0.2) is 18.2 Å². The summed E-state index contributed by atoms with van der Waals surface area (Å²) in [4.78, 5) is 11.3. The molecule has 7 nitrogen and oxygen atoms in total. The van der Waals surface area contributed by atoms with E-state index in [1.807, 2.05) is 13.8 Å². The minimum Gasteiger partial charge on any atom is -0.497 e. The predicted octanol–water partition coefficient (Wildman–Crippen LogP) is 1.49. The molecule has 0 bridgehead atoms. The molecule has 0 amide bonds. The molecule has 2 rings (SSSR count). The standard InChI is InChI=1S/C12H14N4O3/c1-7(2)11-13-14-15-16(11)10-5-4-8(19-3)6-9(10)12(17)18/h4-7H,1-3H3,(H,17,18). The Morgan fingerprint density at radius 3 is 2.74 bits per heavy atom. The zero-order valence-electron chi connectivity index (χ0n) is 10.9. The average Bonchev–Trinajstić information content (AvgIpc) is 2.87. The van der Waals surface area contributed by atoms with Gasteiger partial charge >= 0.3 is 5.97 Å². The highest BCUT2D eigenvalue weighted by molar-refractivity contribution is 5.92. The maximum atomic E-state index is 11.3. The van der Waals surface area contributed by atoms with Crippen LogP contribution in [-0.2, 0) is 0 Å². The van der Waals surface area contributed by atoms with Gasteiger partial charge in [0.1, 0.15) is 5.75 Å². The molecule has 1 heterocycles. The van der Waals surface area contributed by atoms with E-state index in [1.165, 1.54) is 17.9 Å². The fourth-order valence-corrected chi connectivity index (χ4v) is 1.72. The fraction of sp³-hybridized carbons (Fsp3) is 0.333. The Bertz CT molecular complexity index is 607. The summed E-state index contributed by atoms with van der Waals surface area (Å²) in [6.07, 6.45) is 0. The number of ether oxygens (including phenoxy) is 1. The fourth-order valence-electron chi connectivity index (χ4n) is 1.72. The Morgan fingerprint density at radius 2 is 2.16 bits per heavy atom. The molecule has 0 saturated heterocycles. The third-order valence-electron chi connectivity index (χ3n) is 2.67. The lowest BCUT2D eigenvalue weighted by molar-refractivity contribution is 0.0696. The molecule has 1 N–H and O–H groups in total. The van der Waals surface area contributed by atoms with E-state index >= 15 is 0 Å². The first-order chi connectivity index (χ1) is 9.04. The molecule has 1 aromatic heterocycles. The minimum absolute atomic E-state index is 0.0822. The molecule has 0 radical (unpaired) electrons. The van der Waals surface area contributed by atoms with Gasteiger partial charge in [0.2, 0.25) is 0 Å². The molecule has 0 fully saturated rings. The highest BCUT2D eigenvalue weighted by Gasteiger charge is 2.18. The first kappa shape index (κ1) is 13.0. The number of hydrogen-bond donors (Lipinski definition) is 1.